The van der Waals surface area contributed by atoms with Gasteiger partial charge in [0.15, 0.2) is 0 Å². The van der Waals surface area contributed by atoms with E-state index in [4.69, 9.17) is 5.73 Å². The third-order valence-electron chi connectivity index (χ3n) is 5.91. The molecule has 19 heavy (non-hydrogen) atoms. The third kappa shape index (κ3) is 2.67. The number of carbonyl (C=O) groups is 1. The Kier molecular flexibility index (Phi) is 3.84. The average molecular weight is 264 g/mol. The number of nitrogens with two attached hydrogens (primary N) is 1. The minimum Gasteiger partial charge on any atom is -0.345 e. The molecular weight excluding hydrogens is 236 g/mol. The maximum atomic E-state index is 12.5. The van der Waals surface area contributed by atoms with Crippen molar-refractivity contribution in [3.63, 3.8) is 0 Å². The van der Waals surface area contributed by atoms with Gasteiger partial charge >= 0.3 is 0 Å². The Hall–Kier alpha value is -0.570. The predicted octanol–water partition coefficient (Wildman–Crippen LogP) is 2.40. The summed E-state index contributed by atoms with van der Waals surface area (Å²) in [4.78, 5) is 14.5. The molecule has 0 radical (unpaired) electrons. The van der Waals surface area contributed by atoms with Crippen LogP contribution in [0.5, 0.6) is 0 Å². The molecule has 0 aliphatic heterocycles. The van der Waals surface area contributed by atoms with Gasteiger partial charge in [-0.15, -0.1) is 0 Å². The van der Waals surface area contributed by atoms with Gasteiger partial charge in [-0.05, 0) is 49.9 Å². The summed E-state index contributed by atoms with van der Waals surface area (Å²) < 4.78 is 0. The summed E-state index contributed by atoms with van der Waals surface area (Å²) in [5, 5.41) is 0. The van der Waals surface area contributed by atoms with E-state index in [-0.39, 0.29) is 12.0 Å². The molecule has 2 N–H and O–H groups in total. The Bertz CT molecular complexity index is 344. The fourth-order valence-electron chi connectivity index (χ4n) is 4.79. The highest BCUT2D eigenvalue weighted by Gasteiger charge is 2.40. The molecule has 5 atom stereocenters. The molecule has 0 aromatic heterocycles. The Morgan fingerprint density at radius 1 is 1.16 bits per heavy atom. The van der Waals surface area contributed by atoms with E-state index in [0.717, 1.165) is 37.1 Å². The number of amides is 1. The van der Waals surface area contributed by atoms with Crippen molar-refractivity contribution in [2.24, 2.45) is 29.4 Å². The molecule has 3 rings (SSSR count). The van der Waals surface area contributed by atoms with E-state index < -0.39 is 0 Å². The average Bonchev–Trinajstić information content (AvgIpc) is 3.00. The van der Waals surface area contributed by atoms with Gasteiger partial charge in [0.05, 0.1) is 5.92 Å². The topological polar surface area (TPSA) is 46.3 Å². The molecule has 1 amide bonds. The van der Waals surface area contributed by atoms with Crippen molar-refractivity contribution in [3.05, 3.63) is 0 Å². The fourth-order valence-corrected chi connectivity index (χ4v) is 4.79. The van der Waals surface area contributed by atoms with Crippen LogP contribution in [0.2, 0.25) is 0 Å². The number of nitrogens with zero attached hydrogens (tertiary/aromatic N) is 1. The van der Waals surface area contributed by atoms with Crippen LogP contribution in [-0.2, 0) is 4.79 Å². The van der Waals surface area contributed by atoms with Crippen LogP contribution in [0, 0.1) is 23.7 Å². The van der Waals surface area contributed by atoms with Crippen molar-refractivity contribution in [2.75, 3.05) is 13.6 Å². The molecule has 3 aliphatic rings. The van der Waals surface area contributed by atoms with Crippen molar-refractivity contribution in [1.29, 1.82) is 0 Å². The first-order valence-corrected chi connectivity index (χ1v) is 8.15. The zero-order valence-corrected chi connectivity index (χ0v) is 12.2. The molecular formula is C16H28N2O. The van der Waals surface area contributed by atoms with Crippen molar-refractivity contribution in [3.8, 4) is 0 Å². The van der Waals surface area contributed by atoms with Gasteiger partial charge in [0.1, 0.15) is 0 Å². The van der Waals surface area contributed by atoms with Gasteiger partial charge in [0, 0.05) is 19.6 Å². The zero-order valence-electron chi connectivity index (χ0n) is 12.2. The Labute approximate surface area is 116 Å². The normalized spacial score (nSPS) is 41.5. The molecule has 3 fully saturated rings. The number of fused-ring (bicyclic) bond motifs is 2. The quantitative estimate of drug-likeness (QED) is 0.851. The second-order valence-corrected chi connectivity index (χ2v) is 7.21. The Balaban J connectivity index is 1.54. The van der Waals surface area contributed by atoms with Gasteiger partial charge in [0.25, 0.3) is 0 Å². The summed E-state index contributed by atoms with van der Waals surface area (Å²) in [6, 6.07) is 0.101. The maximum Gasteiger partial charge on any atom is 0.226 e. The summed E-state index contributed by atoms with van der Waals surface area (Å²) >= 11 is 0. The molecule has 3 nitrogen and oxygen atoms in total. The molecule has 0 saturated heterocycles. The highest BCUT2D eigenvalue weighted by Crippen LogP contribution is 2.48. The van der Waals surface area contributed by atoms with E-state index in [0.29, 0.717) is 5.91 Å². The monoisotopic (exact) mass is 264 g/mol. The van der Waals surface area contributed by atoms with E-state index in [1.54, 1.807) is 0 Å². The van der Waals surface area contributed by atoms with Crippen LogP contribution in [0.4, 0.5) is 0 Å². The van der Waals surface area contributed by atoms with Crippen LogP contribution < -0.4 is 5.73 Å². The number of hydrogen-bond donors (Lipinski definition) is 1. The summed E-state index contributed by atoms with van der Waals surface area (Å²) in [5.74, 6) is 3.05. The first-order valence-electron chi connectivity index (χ1n) is 8.15. The summed E-state index contributed by atoms with van der Waals surface area (Å²) in [5.41, 5.74) is 6.14. The van der Waals surface area contributed by atoms with Crippen molar-refractivity contribution < 1.29 is 4.79 Å². The van der Waals surface area contributed by atoms with E-state index in [9.17, 15) is 4.79 Å². The zero-order chi connectivity index (χ0) is 13.4. The maximum absolute atomic E-state index is 12.5. The minimum absolute atomic E-state index is 0.0948. The van der Waals surface area contributed by atoms with Crippen LogP contribution in [0.25, 0.3) is 0 Å². The fraction of sp³-hybridized carbons (Fsp3) is 0.938. The number of hydrogen-bond acceptors (Lipinski definition) is 2. The largest absolute Gasteiger partial charge is 0.345 e. The number of rotatable bonds is 3. The van der Waals surface area contributed by atoms with Gasteiger partial charge in [-0.2, -0.15) is 0 Å². The molecule has 0 heterocycles. The summed E-state index contributed by atoms with van der Waals surface area (Å²) in [7, 11) is 2.00. The minimum atomic E-state index is 0.0948. The lowest BCUT2D eigenvalue weighted by molar-refractivity contribution is -0.136. The van der Waals surface area contributed by atoms with Crippen LogP contribution in [-0.4, -0.2) is 30.4 Å². The van der Waals surface area contributed by atoms with Gasteiger partial charge < -0.3 is 10.6 Å². The highest BCUT2D eigenvalue weighted by molar-refractivity contribution is 5.79. The predicted molar refractivity (Wildman–Crippen MR) is 76.5 cm³/mol. The molecule has 3 heteroatoms. The van der Waals surface area contributed by atoms with Crippen molar-refractivity contribution in [2.45, 2.75) is 57.4 Å². The lowest BCUT2D eigenvalue weighted by Gasteiger charge is -2.33. The van der Waals surface area contributed by atoms with Crippen LogP contribution in [0.3, 0.4) is 0 Å². The van der Waals surface area contributed by atoms with Crippen molar-refractivity contribution in [1.82, 2.24) is 4.90 Å². The van der Waals surface area contributed by atoms with Crippen molar-refractivity contribution >= 4 is 5.91 Å². The lowest BCUT2D eigenvalue weighted by atomic mass is 9.83. The molecule has 0 spiro atoms. The number of carbonyl (C=O) groups excluding carboxylic acids is 1. The van der Waals surface area contributed by atoms with E-state index in [1.165, 1.54) is 38.5 Å². The highest BCUT2D eigenvalue weighted by atomic mass is 16.2. The molecule has 2 bridgehead atoms. The Morgan fingerprint density at radius 3 is 2.58 bits per heavy atom. The second-order valence-electron chi connectivity index (χ2n) is 7.21. The first kappa shape index (κ1) is 13.4. The molecule has 5 unspecified atom stereocenters. The van der Waals surface area contributed by atoms with Gasteiger partial charge in [-0.1, -0.05) is 19.3 Å². The summed E-state index contributed by atoms with van der Waals surface area (Å²) in [6.45, 7) is 0.975. The first-order chi connectivity index (χ1) is 9.15. The molecule has 0 aromatic rings. The molecule has 0 aromatic carbocycles. The SMILES string of the molecule is CN(CC1CC2CCC1C2)C(=O)C1CCCCC1N. The smallest absolute Gasteiger partial charge is 0.226 e. The van der Waals surface area contributed by atoms with Crippen LogP contribution in [0.15, 0.2) is 0 Å². The van der Waals surface area contributed by atoms with E-state index in [1.807, 2.05) is 11.9 Å². The molecule has 3 saturated carbocycles. The lowest BCUT2D eigenvalue weighted by Crippen LogP contribution is -2.45. The molecule has 3 aliphatic carbocycles. The summed E-state index contributed by atoms with van der Waals surface area (Å²) in [6.07, 6.45) is 10.0. The second kappa shape index (κ2) is 5.43. The third-order valence-corrected chi connectivity index (χ3v) is 5.91. The van der Waals surface area contributed by atoms with E-state index in [2.05, 4.69) is 0 Å². The Morgan fingerprint density at radius 2 is 1.95 bits per heavy atom. The van der Waals surface area contributed by atoms with E-state index >= 15 is 0 Å². The standard InChI is InChI=1S/C16H28N2O/c1-18(10-13-9-11-6-7-12(13)8-11)16(19)14-4-2-3-5-15(14)17/h11-15H,2-10,17H2,1H3. The van der Waals surface area contributed by atoms with Crippen LogP contribution >= 0.6 is 0 Å². The van der Waals surface area contributed by atoms with Gasteiger partial charge in [0.2, 0.25) is 5.91 Å². The van der Waals surface area contributed by atoms with Gasteiger partial charge in [-0.25, -0.2) is 0 Å². The molecule has 108 valence electrons. The van der Waals surface area contributed by atoms with Crippen LogP contribution in [0.1, 0.15) is 51.4 Å². The van der Waals surface area contributed by atoms with Gasteiger partial charge in [-0.3, -0.25) is 4.79 Å².